The predicted molar refractivity (Wildman–Crippen MR) is 97.3 cm³/mol. The number of rotatable bonds is 7. The van der Waals surface area contributed by atoms with Crippen LogP contribution in [0.1, 0.15) is 37.7 Å². The first-order chi connectivity index (χ1) is 12.3. The maximum absolute atomic E-state index is 12.7. The van der Waals surface area contributed by atoms with E-state index in [0.29, 0.717) is 19.5 Å². The van der Waals surface area contributed by atoms with Crippen molar-refractivity contribution in [2.45, 2.75) is 43.4 Å². The Balaban J connectivity index is 1.97. The fourth-order valence-corrected chi connectivity index (χ4v) is 4.51. The van der Waals surface area contributed by atoms with Crippen LogP contribution >= 0.6 is 0 Å². The maximum atomic E-state index is 12.7. The second-order valence-corrected chi connectivity index (χ2v) is 8.54. The Kier molecular flexibility index (Phi) is 7.16. The van der Waals surface area contributed by atoms with Gasteiger partial charge in [-0.2, -0.15) is 4.31 Å². The van der Waals surface area contributed by atoms with E-state index in [2.05, 4.69) is 0 Å². The molecule has 1 aliphatic heterocycles. The van der Waals surface area contributed by atoms with E-state index in [1.54, 1.807) is 28.6 Å². The molecule has 0 radical (unpaired) electrons. The number of amides is 1. The molecule has 1 aliphatic rings. The molecule has 8 heteroatoms. The van der Waals surface area contributed by atoms with Gasteiger partial charge in [0.05, 0.1) is 4.90 Å². The van der Waals surface area contributed by atoms with Crippen LogP contribution in [0.4, 0.5) is 0 Å². The number of carbonyl (C=O) groups is 2. The summed E-state index contributed by atoms with van der Waals surface area (Å²) >= 11 is 0. The van der Waals surface area contributed by atoms with Gasteiger partial charge in [0, 0.05) is 26.6 Å². The lowest BCUT2D eigenvalue weighted by Crippen LogP contribution is -2.32. The molecule has 26 heavy (non-hydrogen) atoms. The summed E-state index contributed by atoms with van der Waals surface area (Å²) < 4.78 is 27.0. The molecule has 1 N–H and O–H groups in total. The first-order valence-corrected chi connectivity index (χ1v) is 10.3. The minimum absolute atomic E-state index is 0.183. The van der Waals surface area contributed by atoms with Gasteiger partial charge >= 0.3 is 5.97 Å². The van der Waals surface area contributed by atoms with Gasteiger partial charge in [0.2, 0.25) is 15.9 Å². The van der Waals surface area contributed by atoms with E-state index in [0.717, 1.165) is 31.2 Å². The lowest BCUT2D eigenvalue weighted by atomic mass is 10.1. The lowest BCUT2D eigenvalue weighted by Gasteiger charge is -2.20. The minimum atomic E-state index is -3.47. The van der Waals surface area contributed by atoms with E-state index in [-0.39, 0.29) is 23.8 Å². The number of hydrogen-bond acceptors (Lipinski definition) is 4. The number of carboxylic acids is 1. The third-order valence-electron chi connectivity index (χ3n) is 4.55. The molecule has 1 saturated heterocycles. The molecule has 1 fully saturated rings. The monoisotopic (exact) mass is 382 g/mol. The molecule has 7 nitrogen and oxygen atoms in total. The van der Waals surface area contributed by atoms with E-state index in [1.165, 1.54) is 11.9 Å². The third-order valence-corrected chi connectivity index (χ3v) is 6.46. The third kappa shape index (κ3) is 5.54. The van der Waals surface area contributed by atoms with E-state index < -0.39 is 16.0 Å². The summed E-state index contributed by atoms with van der Waals surface area (Å²) in [5, 5.41) is 8.70. The summed E-state index contributed by atoms with van der Waals surface area (Å²) in [6.45, 7) is 0.800. The van der Waals surface area contributed by atoms with Crippen molar-refractivity contribution < 1.29 is 23.1 Å². The Hall–Kier alpha value is -1.93. The summed E-state index contributed by atoms with van der Waals surface area (Å²) in [5.41, 5.74) is 0.844. The van der Waals surface area contributed by atoms with Gasteiger partial charge in [0.15, 0.2) is 0 Å². The number of sulfonamides is 1. The molecule has 0 bridgehead atoms. The molecule has 1 aromatic carbocycles. The Morgan fingerprint density at radius 3 is 2.19 bits per heavy atom. The summed E-state index contributed by atoms with van der Waals surface area (Å²) in [6.07, 6.45) is 4.53. The summed E-state index contributed by atoms with van der Waals surface area (Å²) in [7, 11) is -2.02. The van der Waals surface area contributed by atoms with Crippen LogP contribution in [0.25, 0.3) is 0 Å². The zero-order chi connectivity index (χ0) is 19.2. The molecule has 0 atom stereocenters. The van der Waals surface area contributed by atoms with E-state index in [9.17, 15) is 18.0 Å². The van der Waals surface area contributed by atoms with Crippen molar-refractivity contribution in [3.05, 3.63) is 29.8 Å². The molecule has 0 aliphatic carbocycles. The quantitative estimate of drug-likeness (QED) is 0.775. The van der Waals surface area contributed by atoms with Crippen molar-refractivity contribution in [3.63, 3.8) is 0 Å². The SMILES string of the molecule is CN(CC(=O)O)C(=O)CCc1ccc(S(=O)(=O)N2CCCCCC2)cc1. The number of likely N-dealkylation sites (N-methyl/N-ethyl adjacent to an activating group) is 1. The zero-order valence-electron chi connectivity index (χ0n) is 15.1. The highest BCUT2D eigenvalue weighted by molar-refractivity contribution is 7.89. The molecule has 0 saturated carbocycles. The highest BCUT2D eigenvalue weighted by Gasteiger charge is 2.24. The second-order valence-electron chi connectivity index (χ2n) is 6.61. The van der Waals surface area contributed by atoms with Crippen LogP contribution in [0.2, 0.25) is 0 Å². The van der Waals surface area contributed by atoms with Crippen LogP contribution in [-0.2, 0) is 26.0 Å². The standard InChI is InChI=1S/C18H26N2O5S/c1-19(14-18(22)23)17(21)11-8-15-6-9-16(10-7-15)26(24,25)20-12-4-2-3-5-13-20/h6-7,9-10H,2-5,8,11-14H2,1H3,(H,22,23). The number of benzene rings is 1. The van der Waals surface area contributed by atoms with Crippen molar-refractivity contribution in [1.82, 2.24) is 9.21 Å². The van der Waals surface area contributed by atoms with Crippen molar-refractivity contribution in [3.8, 4) is 0 Å². The molecule has 2 rings (SSSR count). The largest absolute Gasteiger partial charge is 0.480 e. The maximum Gasteiger partial charge on any atom is 0.323 e. The van der Waals surface area contributed by atoms with Crippen molar-refractivity contribution >= 4 is 21.9 Å². The van der Waals surface area contributed by atoms with Crippen LogP contribution in [-0.4, -0.2) is 61.3 Å². The van der Waals surface area contributed by atoms with E-state index in [1.807, 2.05) is 0 Å². The van der Waals surface area contributed by atoms with Crippen LogP contribution in [0, 0.1) is 0 Å². The fourth-order valence-electron chi connectivity index (χ4n) is 2.99. The van der Waals surface area contributed by atoms with E-state index >= 15 is 0 Å². The van der Waals surface area contributed by atoms with Gasteiger partial charge in [-0.05, 0) is 37.0 Å². The Morgan fingerprint density at radius 1 is 1.08 bits per heavy atom. The van der Waals surface area contributed by atoms with Gasteiger partial charge in [0.1, 0.15) is 6.54 Å². The van der Waals surface area contributed by atoms with Crippen molar-refractivity contribution in [2.75, 3.05) is 26.7 Å². The number of hydrogen-bond donors (Lipinski definition) is 1. The molecule has 0 spiro atoms. The van der Waals surface area contributed by atoms with Crippen LogP contribution in [0.15, 0.2) is 29.2 Å². The number of nitrogens with zero attached hydrogens (tertiary/aromatic N) is 2. The van der Waals surface area contributed by atoms with Gasteiger partial charge in [0.25, 0.3) is 0 Å². The van der Waals surface area contributed by atoms with Crippen LogP contribution < -0.4 is 0 Å². The first kappa shape index (κ1) is 20.4. The second kappa shape index (κ2) is 9.14. The average Bonchev–Trinajstić information content (AvgIpc) is 2.89. The highest BCUT2D eigenvalue weighted by atomic mass is 32.2. The van der Waals surface area contributed by atoms with E-state index in [4.69, 9.17) is 5.11 Å². The molecule has 0 aromatic heterocycles. The van der Waals surface area contributed by atoms with Crippen LogP contribution in [0.5, 0.6) is 0 Å². The first-order valence-electron chi connectivity index (χ1n) is 8.85. The van der Waals surface area contributed by atoms with Crippen LogP contribution in [0.3, 0.4) is 0 Å². The molecular weight excluding hydrogens is 356 g/mol. The van der Waals surface area contributed by atoms with Gasteiger partial charge in [-0.3, -0.25) is 9.59 Å². The Morgan fingerprint density at radius 2 is 1.65 bits per heavy atom. The van der Waals surface area contributed by atoms with Crippen molar-refractivity contribution in [1.29, 1.82) is 0 Å². The predicted octanol–water partition coefficient (Wildman–Crippen LogP) is 1.73. The minimum Gasteiger partial charge on any atom is -0.480 e. The smallest absolute Gasteiger partial charge is 0.323 e. The molecular formula is C18H26N2O5S. The molecule has 1 aromatic rings. The number of carbonyl (C=O) groups excluding carboxylic acids is 1. The normalized spacial score (nSPS) is 16.0. The highest BCUT2D eigenvalue weighted by Crippen LogP contribution is 2.21. The van der Waals surface area contributed by atoms with Crippen molar-refractivity contribution in [2.24, 2.45) is 0 Å². The summed E-state index contributed by atoms with van der Waals surface area (Å²) in [5.74, 6) is -1.31. The molecule has 1 heterocycles. The summed E-state index contributed by atoms with van der Waals surface area (Å²) in [6, 6.07) is 6.60. The summed E-state index contributed by atoms with van der Waals surface area (Å²) in [4.78, 5) is 23.9. The van der Waals surface area contributed by atoms with Gasteiger partial charge in [-0.25, -0.2) is 8.42 Å². The Labute approximate surface area is 154 Å². The molecule has 144 valence electrons. The van der Waals surface area contributed by atoms with Gasteiger partial charge < -0.3 is 10.0 Å². The number of aryl methyl sites for hydroxylation is 1. The van der Waals surface area contributed by atoms with Gasteiger partial charge in [-0.1, -0.05) is 25.0 Å². The lowest BCUT2D eigenvalue weighted by molar-refractivity contribution is -0.143. The molecule has 0 unspecified atom stereocenters. The zero-order valence-corrected chi connectivity index (χ0v) is 15.9. The van der Waals surface area contributed by atoms with Gasteiger partial charge in [-0.15, -0.1) is 0 Å². The average molecular weight is 382 g/mol. The fraction of sp³-hybridized carbons (Fsp3) is 0.556. The number of carboxylic acid groups (broad SMARTS) is 1. The molecule has 1 amide bonds. The number of aliphatic carboxylic acids is 1. The topological polar surface area (TPSA) is 95.0 Å². The Bertz CT molecular complexity index is 722.